The number of benzene rings is 1. The molecule has 7 heteroatoms. The summed E-state index contributed by atoms with van der Waals surface area (Å²) in [6.45, 7) is -0.0246. The predicted octanol–water partition coefficient (Wildman–Crippen LogP) is 1.20. The van der Waals surface area contributed by atoms with Crippen LogP contribution in [0.5, 0.6) is 0 Å². The lowest BCUT2D eigenvalue weighted by molar-refractivity contribution is -0.131. The van der Waals surface area contributed by atoms with E-state index in [9.17, 15) is 9.18 Å². The summed E-state index contributed by atoms with van der Waals surface area (Å²) in [5.74, 6) is -0.818. The Morgan fingerprint density at radius 3 is 2.82 bits per heavy atom. The molecule has 0 spiro atoms. The van der Waals surface area contributed by atoms with Gasteiger partial charge in [0.1, 0.15) is 0 Å². The van der Waals surface area contributed by atoms with Crippen molar-refractivity contribution in [3.63, 3.8) is 0 Å². The number of halogens is 1. The maximum absolute atomic E-state index is 14.5. The minimum atomic E-state index is -2.09. The van der Waals surface area contributed by atoms with Crippen LogP contribution in [0.4, 0.5) is 10.1 Å². The molecule has 1 fully saturated rings. The molecule has 1 aromatic carbocycles. The Labute approximate surface area is 127 Å². The molecule has 1 amide bonds. The number of amides is 1. The zero-order valence-electron chi connectivity index (χ0n) is 11.9. The number of nitrogens with zero attached hydrogens (tertiary/aromatic N) is 3. The Bertz CT molecular complexity index is 637. The van der Waals surface area contributed by atoms with Crippen molar-refractivity contribution < 1.29 is 9.18 Å². The van der Waals surface area contributed by atoms with E-state index in [1.807, 2.05) is 24.4 Å². The smallest absolute Gasteiger partial charge is 0.264 e. The molecule has 114 valence electrons. The van der Waals surface area contributed by atoms with Crippen LogP contribution in [-0.2, 0) is 4.79 Å². The molecule has 0 unspecified atom stereocenters. The number of carbonyl (C=O) groups excluding carboxylic acids is 1. The number of carbonyl (C=O) groups is 1. The molecular weight excluding hydrogens is 285 g/mol. The highest BCUT2D eigenvalue weighted by atomic mass is 19.1. The quantitative estimate of drug-likeness (QED) is 0.645. The van der Waals surface area contributed by atoms with Gasteiger partial charge in [0.15, 0.2) is 6.19 Å². The molecule has 0 aliphatic carbocycles. The molecule has 6 nitrogen and oxygen atoms in total. The lowest BCUT2D eigenvalue weighted by Gasteiger charge is -2.18. The number of hydrogen-bond acceptors (Lipinski definition) is 5. The maximum Gasteiger partial charge on any atom is 0.264 e. The second kappa shape index (κ2) is 6.72. The van der Waals surface area contributed by atoms with Crippen molar-refractivity contribution in [3.8, 4) is 6.19 Å². The Balaban J connectivity index is 2.01. The van der Waals surface area contributed by atoms with Crippen molar-refractivity contribution in [3.05, 3.63) is 42.2 Å². The molecule has 0 radical (unpaired) electrons. The molecule has 1 saturated heterocycles. The van der Waals surface area contributed by atoms with Crippen molar-refractivity contribution in [2.75, 3.05) is 13.1 Å². The van der Waals surface area contributed by atoms with Crippen LogP contribution in [0.2, 0.25) is 0 Å². The maximum atomic E-state index is 14.5. The fourth-order valence-corrected chi connectivity index (χ4v) is 2.06. The number of likely N-dealkylation sites (tertiary alicyclic amines) is 1. The van der Waals surface area contributed by atoms with Gasteiger partial charge in [-0.3, -0.25) is 9.79 Å². The molecule has 1 atom stereocenters. The molecule has 1 aromatic rings. The topological polar surface area (TPSA) is 94.5 Å². The second-order valence-electron chi connectivity index (χ2n) is 4.91. The zero-order valence-corrected chi connectivity index (χ0v) is 11.9. The van der Waals surface area contributed by atoms with E-state index in [0.717, 1.165) is 6.20 Å². The summed E-state index contributed by atoms with van der Waals surface area (Å²) in [5.41, 5.74) is 4.21. The number of para-hydroxylation sites is 1. The van der Waals surface area contributed by atoms with E-state index >= 15 is 0 Å². The van der Waals surface area contributed by atoms with Crippen LogP contribution in [0.1, 0.15) is 6.42 Å². The van der Waals surface area contributed by atoms with E-state index in [-0.39, 0.29) is 25.2 Å². The lowest BCUT2D eigenvalue weighted by Crippen LogP contribution is -2.45. The third-order valence-corrected chi connectivity index (χ3v) is 3.31. The van der Waals surface area contributed by atoms with Crippen LogP contribution in [0.15, 0.2) is 47.2 Å². The average Bonchev–Trinajstić information content (AvgIpc) is 2.95. The third-order valence-electron chi connectivity index (χ3n) is 3.31. The molecule has 3 N–H and O–H groups in total. The number of nitrogens with two attached hydrogens (primary N) is 1. The molecule has 22 heavy (non-hydrogen) atoms. The van der Waals surface area contributed by atoms with Crippen LogP contribution in [0.3, 0.4) is 0 Å². The number of hydrogen-bond donors (Lipinski definition) is 2. The minimum Gasteiger partial charge on any atom is -0.403 e. The van der Waals surface area contributed by atoms with Gasteiger partial charge in [0.05, 0.1) is 24.1 Å². The first kappa shape index (κ1) is 15.5. The zero-order chi connectivity index (χ0) is 16.0. The van der Waals surface area contributed by atoms with Crippen molar-refractivity contribution in [1.29, 1.82) is 5.26 Å². The molecule has 1 heterocycles. The van der Waals surface area contributed by atoms with E-state index in [0.29, 0.717) is 5.69 Å². The normalized spacial score (nSPS) is 21.8. The van der Waals surface area contributed by atoms with Crippen LogP contribution in [-0.4, -0.2) is 35.8 Å². The van der Waals surface area contributed by atoms with Gasteiger partial charge in [-0.25, -0.2) is 4.39 Å². The summed E-state index contributed by atoms with van der Waals surface area (Å²) in [5, 5.41) is 11.1. The monoisotopic (exact) mass is 301 g/mol. The predicted molar refractivity (Wildman–Crippen MR) is 80.6 cm³/mol. The van der Waals surface area contributed by atoms with Crippen LogP contribution >= 0.6 is 0 Å². The van der Waals surface area contributed by atoms with E-state index in [1.165, 1.54) is 11.1 Å². The minimum absolute atomic E-state index is 0.0277. The van der Waals surface area contributed by atoms with Crippen molar-refractivity contribution in [2.45, 2.75) is 12.1 Å². The van der Waals surface area contributed by atoms with E-state index in [2.05, 4.69) is 10.3 Å². The molecule has 0 bridgehead atoms. The van der Waals surface area contributed by atoms with E-state index in [4.69, 9.17) is 11.0 Å². The standard InChI is InChI=1S/C15H16FN5O/c16-15(6-7-21(10-15)11-18)14(22)20-13(8-17)9-19-12-4-2-1-3-5-12/h1-5,8-9H,6-7,10,17H2,(H,20,22)/t15-/m0/s1. The van der Waals surface area contributed by atoms with Gasteiger partial charge in [-0.15, -0.1) is 0 Å². The Morgan fingerprint density at radius 1 is 1.50 bits per heavy atom. The number of allylic oxidation sites excluding steroid dienone is 1. The van der Waals surface area contributed by atoms with Gasteiger partial charge in [-0.1, -0.05) is 18.2 Å². The van der Waals surface area contributed by atoms with Gasteiger partial charge < -0.3 is 16.0 Å². The lowest BCUT2D eigenvalue weighted by atomic mass is 10.0. The summed E-state index contributed by atoms with van der Waals surface area (Å²) in [4.78, 5) is 17.4. The highest BCUT2D eigenvalue weighted by molar-refractivity contribution is 5.93. The Hall–Kier alpha value is -2.88. The highest BCUT2D eigenvalue weighted by Crippen LogP contribution is 2.25. The molecule has 0 aromatic heterocycles. The number of nitrogens with one attached hydrogen (secondary N) is 1. The van der Waals surface area contributed by atoms with Gasteiger partial charge >= 0.3 is 0 Å². The Morgan fingerprint density at radius 2 is 2.23 bits per heavy atom. The SMILES string of the molecule is N#CN1CC[C@@](F)(C(=O)NC(C=Nc2ccccc2)=CN)C1. The van der Waals surface area contributed by atoms with Crippen molar-refractivity contribution in [1.82, 2.24) is 10.2 Å². The van der Waals surface area contributed by atoms with Crippen LogP contribution in [0.25, 0.3) is 0 Å². The van der Waals surface area contributed by atoms with Gasteiger partial charge in [0.25, 0.3) is 5.91 Å². The number of aliphatic imine (C=N–C) groups is 1. The molecule has 0 saturated carbocycles. The fourth-order valence-electron chi connectivity index (χ4n) is 2.06. The van der Waals surface area contributed by atoms with Gasteiger partial charge in [-0.05, 0) is 12.1 Å². The Kier molecular flexibility index (Phi) is 4.73. The fraction of sp³-hybridized carbons (Fsp3) is 0.267. The largest absolute Gasteiger partial charge is 0.403 e. The summed E-state index contributed by atoms with van der Waals surface area (Å²) < 4.78 is 14.5. The highest BCUT2D eigenvalue weighted by Gasteiger charge is 2.45. The first-order valence-corrected chi connectivity index (χ1v) is 6.73. The summed E-state index contributed by atoms with van der Waals surface area (Å²) >= 11 is 0. The van der Waals surface area contributed by atoms with Crippen LogP contribution in [0, 0.1) is 11.5 Å². The molecule has 2 rings (SSSR count). The first-order valence-electron chi connectivity index (χ1n) is 6.73. The third kappa shape index (κ3) is 3.61. The van der Waals surface area contributed by atoms with E-state index < -0.39 is 11.6 Å². The van der Waals surface area contributed by atoms with Crippen LogP contribution < -0.4 is 11.1 Å². The number of nitriles is 1. The van der Waals surface area contributed by atoms with Gasteiger partial charge in [0, 0.05) is 19.2 Å². The van der Waals surface area contributed by atoms with Crippen molar-refractivity contribution >= 4 is 17.8 Å². The molecule has 1 aliphatic rings. The summed E-state index contributed by atoms with van der Waals surface area (Å²) in [6, 6.07) is 9.06. The summed E-state index contributed by atoms with van der Waals surface area (Å²) in [7, 11) is 0. The number of rotatable bonds is 4. The number of alkyl halides is 1. The second-order valence-corrected chi connectivity index (χ2v) is 4.91. The molecular formula is C15H16FN5O. The molecule has 1 aliphatic heterocycles. The van der Waals surface area contributed by atoms with Gasteiger partial charge in [0.2, 0.25) is 5.67 Å². The summed E-state index contributed by atoms with van der Waals surface area (Å²) in [6.07, 6.45) is 4.31. The van der Waals surface area contributed by atoms with Gasteiger partial charge in [-0.2, -0.15) is 5.26 Å². The first-order chi connectivity index (χ1) is 10.6. The van der Waals surface area contributed by atoms with E-state index in [1.54, 1.807) is 12.1 Å². The van der Waals surface area contributed by atoms with Crippen molar-refractivity contribution in [2.24, 2.45) is 10.7 Å². The average molecular weight is 301 g/mol.